The number of hydrogen-bond donors (Lipinski definition) is 0. The quantitative estimate of drug-likeness (QED) is 0.860. The van der Waals surface area contributed by atoms with Gasteiger partial charge in [-0.3, -0.25) is 9.59 Å². The molecule has 2 amide bonds. The van der Waals surface area contributed by atoms with E-state index in [1.54, 1.807) is 4.90 Å². The Morgan fingerprint density at radius 3 is 2.83 bits per heavy atom. The zero-order valence-corrected chi connectivity index (χ0v) is 14.3. The van der Waals surface area contributed by atoms with Crippen LogP contribution >= 0.6 is 0 Å². The average Bonchev–Trinajstić information content (AvgIpc) is 2.98. The largest absolute Gasteiger partial charge is 0.336 e. The molecule has 2 aliphatic rings. The van der Waals surface area contributed by atoms with E-state index in [0.717, 1.165) is 25.8 Å². The molecule has 23 heavy (non-hydrogen) atoms. The van der Waals surface area contributed by atoms with E-state index in [4.69, 9.17) is 0 Å². The molecule has 4 heteroatoms. The molecule has 0 spiro atoms. The lowest BCUT2D eigenvalue weighted by atomic mass is 10.0. The smallest absolute Gasteiger partial charge is 0.245 e. The van der Waals surface area contributed by atoms with Crippen LogP contribution in [-0.2, 0) is 16.0 Å². The topological polar surface area (TPSA) is 40.6 Å². The molecule has 124 valence electrons. The second-order valence-corrected chi connectivity index (χ2v) is 6.98. The predicted molar refractivity (Wildman–Crippen MR) is 90.1 cm³/mol. The highest BCUT2D eigenvalue weighted by Gasteiger charge is 2.41. The Morgan fingerprint density at radius 1 is 1.30 bits per heavy atom. The van der Waals surface area contributed by atoms with Crippen LogP contribution in [0.3, 0.4) is 0 Å². The van der Waals surface area contributed by atoms with Crippen molar-refractivity contribution in [1.29, 1.82) is 0 Å². The highest BCUT2D eigenvalue weighted by atomic mass is 16.2. The third kappa shape index (κ3) is 3.12. The van der Waals surface area contributed by atoms with E-state index < -0.39 is 0 Å². The fraction of sp³-hybridized carbons (Fsp3) is 0.579. The molecule has 4 nitrogen and oxygen atoms in total. The average molecular weight is 314 g/mol. The number of aryl methyl sites for hydroxylation is 3. The maximum atomic E-state index is 12.6. The maximum absolute atomic E-state index is 12.6. The molecular formula is C19H26N2O2. The molecule has 0 radical (unpaired) electrons. The van der Waals surface area contributed by atoms with Gasteiger partial charge in [0.05, 0.1) is 0 Å². The summed E-state index contributed by atoms with van der Waals surface area (Å²) in [5.41, 5.74) is 3.71. The Bertz CT molecular complexity index is 626. The molecule has 0 saturated carbocycles. The number of fused-ring (bicyclic) bond motifs is 1. The first-order valence-corrected chi connectivity index (χ1v) is 8.63. The normalized spacial score (nSPS) is 24.0. The van der Waals surface area contributed by atoms with Gasteiger partial charge in [0.25, 0.3) is 0 Å². The van der Waals surface area contributed by atoms with Gasteiger partial charge in [0, 0.05) is 25.6 Å². The van der Waals surface area contributed by atoms with Crippen LogP contribution in [0, 0.1) is 13.8 Å². The fourth-order valence-corrected chi connectivity index (χ4v) is 3.90. The van der Waals surface area contributed by atoms with Crippen molar-refractivity contribution in [2.45, 2.75) is 58.5 Å². The molecule has 2 saturated heterocycles. The van der Waals surface area contributed by atoms with E-state index in [1.165, 1.54) is 16.7 Å². The number of benzene rings is 1. The van der Waals surface area contributed by atoms with Gasteiger partial charge in [-0.05, 0) is 51.2 Å². The predicted octanol–water partition coefficient (Wildman–Crippen LogP) is 2.46. The van der Waals surface area contributed by atoms with Crippen LogP contribution in [0.25, 0.3) is 0 Å². The summed E-state index contributed by atoms with van der Waals surface area (Å²) >= 11 is 0. The van der Waals surface area contributed by atoms with Crippen molar-refractivity contribution >= 4 is 11.8 Å². The highest BCUT2D eigenvalue weighted by molar-refractivity contribution is 5.89. The molecule has 3 rings (SSSR count). The second-order valence-electron chi connectivity index (χ2n) is 6.98. The van der Waals surface area contributed by atoms with Gasteiger partial charge in [-0.25, -0.2) is 0 Å². The number of rotatable bonds is 3. The van der Waals surface area contributed by atoms with Crippen LogP contribution in [0.15, 0.2) is 18.2 Å². The van der Waals surface area contributed by atoms with E-state index in [-0.39, 0.29) is 23.9 Å². The van der Waals surface area contributed by atoms with E-state index in [0.29, 0.717) is 13.0 Å². The minimum Gasteiger partial charge on any atom is -0.336 e. The molecule has 2 heterocycles. The van der Waals surface area contributed by atoms with Gasteiger partial charge >= 0.3 is 0 Å². The zero-order chi connectivity index (χ0) is 16.6. The number of nitrogens with zero attached hydrogens (tertiary/aromatic N) is 2. The molecule has 1 aromatic rings. The maximum Gasteiger partial charge on any atom is 0.245 e. The lowest BCUT2D eigenvalue weighted by molar-refractivity contribution is -0.152. The van der Waals surface area contributed by atoms with Gasteiger partial charge in [0.2, 0.25) is 11.8 Å². The van der Waals surface area contributed by atoms with Crippen molar-refractivity contribution in [3.63, 3.8) is 0 Å². The Balaban J connectivity index is 1.64. The number of carbonyl (C=O) groups is 2. The Morgan fingerprint density at radius 2 is 2.09 bits per heavy atom. The number of amides is 2. The number of carbonyl (C=O) groups excluding carboxylic acids is 2. The first-order chi connectivity index (χ1) is 11.0. The SMILES string of the molecule is Cc1ccc(CCC(=O)N2C[C@H]3CCCN3C(=O)[C@@H]2C)c(C)c1. The molecule has 0 aromatic heterocycles. The number of hydrogen-bond acceptors (Lipinski definition) is 2. The third-order valence-corrected chi connectivity index (χ3v) is 5.32. The van der Waals surface area contributed by atoms with Gasteiger partial charge in [0.1, 0.15) is 6.04 Å². The standard InChI is InChI=1S/C19H26N2O2/c1-13-6-7-16(14(2)11-13)8-9-18(22)21-12-17-5-4-10-20(17)19(23)15(21)3/h6-7,11,15,17H,4-5,8-10,12H2,1-3H3/t15-,17+/m0/s1. The van der Waals surface area contributed by atoms with Crippen molar-refractivity contribution < 1.29 is 9.59 Å². The van der Waals surface area contributed by atoms with Crippen LogP contribution in [0.1, 0.15) is 42.9 Å². The summed E-state index contributed by atoms with van der Waals surface area (Å²) in [4.78, 5) is 28.8. The van der Waals surface area contributed by atoms with Crippen LogP contribution in [0.4, 0.5) is 0 Å². The Hall–Kier alpha value is -1.84. The van der Waals surface area contributed by atoms with Gasteiger partial charge in [-0.1, -0.05) is 23.8 Å². The molecular weight excluding hydrogens is 288 g/mol. The summed E-state index contributed by atoms with van der Waals surface area (Å²) in [5, 5.41) is 0. The Kier molecular flexibility index (Phi) is 4.42. The van der Waals surface area contributed by atoms with Crippen molar-refractivity contribution in [3.8, 4) is 0 Å². The van der Waals surface area contributed by atoms with Gasteiger partial charge in [0.15, 0.2) is 0 Å². The van der Waals surface area contributed by atoms with Crippen molar-refractivity contribution in [2.24, 2.45) is 0 Å². The molecule has 0 unspecified atom stereocenters. The minimum absolute atomic E-state index is 0.109. The molecule has 0 N–H and O–H groups in total. The van der Waals surface area contributed by atoms with Gasteiger partial charge < -0.3 is 9.80 Å². The van der Waals surface area contributed by atoms with Crippen LogP contribution in [0.5, 0.6) is 0 Å². The van der Waals surface area contributed by atoms with Crippen LogP contribution in [-0.4, -0.2) is 46.8 Å². The second kappa shape index (κ2) is 6.34. The van der Waals surface area contributed by atoms with E-state index in [1.807, 2.05) is 11.8 Å². The molecule has 0 aliphatic carbocycles. The lowest BCUT2D eigenvalue weighted by Gasteiger charge is -2.41. The number of piperazine rings is 1. The summed E-state index contributed by atoms with van der Waals surface area (Å²) in [5.74, 6) is 0.232. The zero-order valence-electron chi connectivity index (χ0n) is 14.3. The monoisotopic (exact) mass is 314 g/mol. The molecule has 2 aliphatic heterocycles. The lowest BCUT2D eigenvalue weighted by Crippen LogP contribution is -2.60. The third-order valence-electron chi connectivity index (χ3n) is 5.32. The summed E-state index contributed by atoms with van der Waals surface area (Å²) in [6.07, 6.45) is 3.32. The summed E-state index contributed by atoms with van der Waals surface area (Å²) in [7, 11) is 0. The molecule has 0 bridgehead atoms. The Labute approximate surface area is 138 Å². The van der Waals surface area contributed by atoms with Crippen molar-refractivity contribution in [3.05, 3.63) is 34.9 Å². The van der Waals surface area contributed by atoms with E-state index in [2.05, 4.69) is 32.0 Å². The van der Waals surface area contributed by atoms with Gasteiger partial charge in [-0.2, -0.15) is 0 Å². The summed E-state index contributed by atoms with van der Waals surface area (Å²) in [6.45, 7) is 7.61. The summed E-state index contributed by atoms with van der Waals surface area (Å²) < 4.78 is 0. The van der Waals surface area contributed by atoms with Crippen molar-refractivity contribution in [1.82, 2.24) is 9.80 Å². The first kappa shape index (κ1) is 16.0. The highest BCUT2D eigenvalue weighted by Crippen LogP contribution is 2.26. The van der Waals surface area contributed by atoms with Crippen LogP contribution < -0.4 is 0 Å². The van der Waals surface area contributed by atoms with Crippen LogP contribution in [0.2, 0.25) is 0 Å². The van der Waals surface area contributed by atoms with Crippen molar-refractivity contribution in [2.75, 3.05) is 13.1 Å². The molecule has 1 aromatic carbocycles. The fourth-order valence-electron chi connectivity index (χ4n) is 3.90. The first-order valence-electron chi connectivity index (χ1n) is 8.63. The molecule has 2 fully saturated rings. The van der Waals surface area contributed by atoms with E-state index in [9.17, 15) is 9.59 Å². The van der Waals surface area contributed by atoms with Gasteiger partial charge in [-0.15, -0.1) is 0 Å². The minimum atomic E-state index is -0.309. The molecule has 2 atom stereocenters. The summed E-state index contributed by atoms with van der Waals surface area (Å²) in [6, 6.07) is 6.29. The van der Waals surface area contributed by atoms with E-state index >= 15 is 0 Å².